The van der Waals surface area contributed by atoms with E-state index in [9.17, 15) is 5.11 Å². The maximum absolute atomic E-state index is 9.78. The van der Waals surface area contributed by atoms with E-state index in [0.717, 1.165) is 17.8 Å². The van der Waals surface area contributed by atoms with E-state index in [1.165, 1.54) is 5.56 Å². The van der Waals surface area contributed by atoms with Crippen LogP contribution in [-0.2, 0) is 11.2 Å². The summed E-state index contributed by atoms with van der Waals surface area (Å²) in [5.74, 6) is 0.963. The molecule has 1 heterocycles. The van der Waals surface area contributed by atoms with Gasteiger partial charge in [0.05, 0.1) is 6.10 Å². The van der Waals surface area contributed by atoms with Crippen LogP contribution in [0.2, 0.25) is 0 Å². The van der Waals surface area contributed by atoms with Gasteiger partial charge in [-0.15, -0.1) is 0 Å². The van der Waals surface area contributed by atoms with E-state index in [4.69, 9.17) is 4.74 Å². The fourth-order valence-corrected chi connectivity index (χ4v) is 2.00. The molecule has 0 saturated heterocycles. The summed E-state index contributed by atoms with van der Waals surface area (Å²) in [6, 6.07) is 8.25. The first-order chi connectivity index (χ1) is 10.3. The SMILES string of the molecule is CCOCCC(O)/C=C/c1ccc(Cc2ncc[nH]2)cc1. The summed E-state index contributed by atoms with van der Waals surface area (Å²) >= 11 is 0. The van der Waals surface area contributed by atoms with Crippen LogP contribution < -0.4 is 0 Å². The number of aliphatic hydroxyl groups excluding tert-OH is 1. The fourth-order valence-electron chi connectivity index (χ4n) is 2.00. The van der Waals surface area contributed by atoms with Crippen LogP contribution in [0.25, 0.3) is 6.08 Å². The minimum atomic E-state index is -0.459. The zero-order valence-electron chi connectivity index (χ0n) is 12.3. The normalized spacial score (nSPS) is 12.9. The number of benzene rings is 1. The average Bonchev–Trinajstić information content (AvgIpc) is 3.00. The summed E-state index contributed by atoms with van der Waals surface area (Å²) in [6.07, 6.45) is 8.30. The lowest BCUT2D eigenvalue weighted by Crippen LogP contribution is -2.06. The van der Waals surface area contributed by atoms with Gasteiger partial charge in [0.25, 0.3) is 0 Å². The standard InChI is InChI=1S/C17H22N2O2/c1-2-21-12-9-16(20)8-7-14-3-5-15(6-4-14)13-17-18-10-11-19-17/h3-8,10-11,16,20H,2,9,12-13H2,1H3,(H,18,19)/b8-7+. The Morgan fingerprint density at radius 3 is 2.81 bits per heavy atom. The number of aromatic amines is 1. The van der Waals surface area contributed by atoms with Crippen molar-refractivity contribution in [1.82, 2.24) is 9.97 Å². The van der Waals surface area contributed by atoms with Crippen molar-refractivity contribution >= 4 is 6.08 Å². The van der Waals surface area contributed by atoms with Crippen molar-refractivity contribution in [3.63, 3.8) is 0 Å². The topological polar surface area (TPSA) is 58.1 Å². The summed E-state index contributed by atoms with van der Waals surface area (Å²) < 4.78 is 5.22. The van der Waals surface area contributed by atoms with Gasteiger partial charge in [-0.2, -0.15) is 0 Å². The fraction of sp³-hybridized carbons (Fsp3) is 0.353. The Balaban J connectivity index is 1.84. The van der Waals surface area contributed by atoms with Crippen LogP contribution in [-0.4, -0.2) is 34.4 Å². The third kappa shape index (κ3) is 5.53. The first-order valence-corrected chi connectivity index (χ1v) is 7.29. The van der Waals surface area contributed by atoms with Crippen molar-refractivity contribution in [3.8, 4) is 0 Å². The molecule has 2 rings (SSSR count). The summed E-state index contributed by atoms with van der Waals surface area (Å²) in [5.41, 5.74) is 2.28. The molecule has 0 radical (unpaired) electrons. The molecule has 1 aromatic heterocycles. The molecule has 21 heavy (non-hydrogen) atoms. The van der Waals surface area contributed by atoms with E-state index < -0.39 is 6.10 Å². The van der Waals surface area contributed by atoms with Gasteiger partial charge in [0.2, 0.25) is 0 Å². The van der Waals surface area contributed by atoms with Crippen LogP contribution >= 0.6 is 0 Å². The smallest absolute Gasteiger partial charge is 0.110 e. The first kappa shape index (κ1) is 15.5. The molecule has 2 N–H and O–H groups in total. The highest BCUT2D eigenvalue weighted by Gasteiger charge is 2.00. The summed E-state index contributed by atoms with van der Waals surface area (Å²) in [4.78, 5) is 7.31. The number of hydrogen-bond donors (Lipinski definition) is 2. The number of nitrogens with one attached hydrogen (secondary N) is 1. The lowest BCUT2D eigenvalue weighted by molar-refractivity contribution is 0.107. The second kappa shape index (κ2) is 8.39. The van der Waals surface area contributed by atoms with Crippen molar-refractivity contribution in [2.75, 3.05) is 13.2 Å². The van der Waals surface area contributed by atoms with E-state index in [-0.39, 0.29) is 0 Å². The van der Waals surface area contributed by atoms with E-state index >= 15 is 0 Å². The van der Waals surface area contributed by atoms with Crippen molar-refractivity contribution < 1.29 is 9.84 Å². The molecule has 2 aromatic rings. The largest absolute Gasteiger partial charge is 0.389 e. The quantitative estimate of drug-likeness (QED) is 0.734. The maximum atomic E-state index is 9.78. The molecule has 0 aliphatic rings. The highest BCUT2D eigenvalue weighted by molar-refractivity contribution is 5.50. The lowest BCUT2D eigenvalue weighted by atomic mass is 10.1. The Morgan fingerprint density at radius 1 is 1.33 bits per heavy atom. The van der Waals surface area contributed by atoms with Gasteiger partial charge >= 0.3 is 0 Å². The van der Waals surface area contributed by atoms with Gasteiger partial charge in [0, 0.05) is 38.4 Å². The minimum absolute atomic E-state index is 0.459. The number of aromatic nitrogens is 2. The molecule has 0 amide bonds. The Morgan fingerprint density at radius 2 is 2.14 bits per heavy atom. The zero-order valence-corrected chi connectivity index (χ0v) is 12.3. The van der Waals surface area contributed by atoms with Gasteiger partial charge in [-0.1, -0.05) is 36.4 Å². The van der Waals surface area contributed by atoms with Crippen LogP contribution in [0.1, 0.15) is 30.3 Å². The van der Waals surface area contributed by atoms with Crippen molar-refractivity contribution in [3.05, 3.63) is 59.7 Å². The third-order valence-corrected chi connectivity index (χ3v) is 3.18. The molecule has 0 spiro atoms. The number of aliphatic hydroxyl groups is 1. The van der Waals surface area contributed by atoms with Crippen molar-refractivity contribution in [2.45, 2.75) is 25.9 Å². The van der Waals surface area contributed by atoms with Crippen molar-refractivity contribution in [1.29, 1.82) is 0 Å². The van der Waals surface area contributed by atoms with Crippen molar-refractivity contribution in [2.24, 2.45) is 0 Å². The van der Waals surface area contributed by atoms with Gasteiger partial charge in [0.15, 0.2) is 0 Å². The molecule has 4 nitrogen and oxygen atoms in total. The van der Waals surface area contributed by atoms with E-state index in [1.54, 1.807) is 12.3 Å². The van der Waals surface area contributed by atoms with Gasteiger partial charge < -0.3 is 14.8 Å². The van der Waals surface area contributed by atoms with Crippen LogP contribution in [0.4, 0.5) is 0 Å². The highest BCUT2D eigenvalue weighted by Crippen LogP contribution is 2.10. The molecule has 0 aliphatic carbocycles. The summed E-state index contributed by atoms with van der Waals surface area (Å²) in [7, 11) is 0. The monoisotopic (exact) mass is 286 g/mol. The summed E-state index contributed by atoms with van der Waals surface area (Å²) in [5, 5.41) is 9.78. The second-order valence-corrected chi connectivity index (χ2v) is 4.87. The molecule has 0 fully saturated rings. The van der Waals surface area contributed by atoms with E-state index in [0.29, 0.717) is 19.6 Å². The first-order valence-electron chi connectivity index (χ1n) is 7.29. The number of nitrogens with zero attached hydrogens (tertiary/aromatic N) is 1. The molecule has 0 aliphatic heterocycles. The summed E-state index contributed by atoms with van der Waals surface area (Å²) in [6.45, 7) is 3.23. The Hall–Kier alpha value is -1.91. The third-order valence-electron chi connectivity index (χ3n) is 3.18. The maximum Gasteiger partial charge on any atom is 0.110 e. The molecule has 1 unspecified atom stereocenters. The van der Waals surface area contributed by atoms with Gasteiger partial charge in [-0.3, -0.25) is 0 Å². The number of rotatable bonds is 8. The predicted molar refractivity (Wildman–Crippen MR) is 84.0 cm³/mol. The number of ether oxygens (including phenoxy) is 1. The van der Waals surface area contributed by atoms with Crippen LogP contribution in [0.15, 0.2) is 42.7 Å². The molecule has 0 saturated carbocycles. The van der Waals surface area contributed by atoms with Gasteiger partial charge in [-0.05, 0) is 18.1 Å². The average molecular weight is 286 g/mol. The molecule has 1 atom stereocenters. The Labute approximate surface area is 125 Å². The molecule has 1 aromatic carbocycles. The number of hydrogen-bond acceptors (Lipinski definition) is 3. The molecular weight excluding hydrogens is 264 g/mol. The van der Waals surface area contributed by atoms with Crippen LogP contribution in [0, 0.1) is 0 Å². The highest BCUT2D eigenvalue weighted by atomic mass is 16.5. The Bertz CT molecular complexity index is 532. The number of imidazole rings is 1. The van der Waals surface area contributed by atoms with E-state index in [2.05, 4.69) is 22.1 Å². The molecule has 0 bridgehead atoms. The van der Waals surface area contributed by atoms with Gasteiger partial charge in [0.1, 0.15) is 5.82 Å². The number of H-pyrrole nitrogens is 1. The minimum Gasteiger partial charge on any atom is -0.389 e. The molecule has 112 valence electrons. The predicted octanol–water partition coefficient (Wildman–Crippen LogP) is 2.80. The van der Waals surface area contributed by atoms with E-state index in [1.807, 2.05) is 31.3 Å². The molecular formula is C17H22N2O2. The zero-order chi connectivity index (χ0) is 14.9. The second-order valence-electron chi connectivity index (χ2n) is 4.87. The molecule has 4 heteroatoms. The Kier molecular flexibility index (Phi) is 6.19. The van der Waals surface area contributed by atoms with Crippen LogP contribution in [0.5, 0.6) is 0 Å². The van der Waals surface area contributed by atoms with Gasteiger partial charge in [-0.25, -0.2) is 4.98 Å². The lowest BCUT2D eigenvalue weighted by Gasteiger charge is -2.05. The van der Waals surface area contributed by atoms with Crippen LogP contribution in [0.3, 0.4) is 0 Å².